The van der Waals surface area contributed by atoms with Gasteiger partial charge in [0, 0.05) is 20.3 Å². The van der Waals surface area contributed by atoms with Gasteiger partial charge in [0.1, 0.15) is 5.82 Å². The van der Waals surface area contributed by atoms with Crippen LogP contribution in [0.4, 0.5) is 0 Å². The summed E-state index contributed by atoms with van der Waals surface area (Å²) in [6.07, 6.45) is 2.03. The van der Waals surface area contributed by atoms with E-state index in [1.165, 1.54) is 0 Å². The van der Waals surface area contributed by atoms with Crippen molar-refractivity contribution in [3.8, 4) is 0 Å². The molecule has 1 unspecified atom stereocenters. The number of ether oxygens (including phenoxy) is 1. The molecular formula is C14H18Cl2N2O. The first kappa shape index (κ1) is 14.6. The van der Waals surface area contributed by atoms with E-state index in [9.17, 15) is 0 Å². The third-order valence-corrected chi connectivity index (χ3v) is 3.58. The maximum atomic E-state index is 6.29. The van der Waals surface area contributed by atoms with Gasteiger partial charge in [0.15, 0.2) is 0 Å². The highest BCUT2D eigenvalue weighted by atomic mass is 35.5. The number of alkyl halides is 1. The lowest BCUT2D eigenvalue weighted by molar-refractivity contribution is 0.191. The van der Waals surface area contributed by atoms with Crippen LogP contribution in [0.5, 0.6) is 0 Å². The number of para-hydroxylation sites is 1. The molecule has 0 bridgehead atoms. The fourth-order valence-corrected chi connectivity index (χ4v) is 2.64. The van der Waals surface area contributed by atoms with E-state index in [0.29, 0.717) is 0 Å². The van der Waals surface area contributed by atoms with Crippen LogP contribution in [0.2, 0.25) is 5.02 Å². The number of nitrogens with zero attached hydrogens (tertiary/aromatic N) is 2. The Kier molecular flexibility index (Phi) is 5.08. The number of fused-ring (bicyclic) bond motifs is 1. The van der Waals surface area contributed by atoms with Crippen LogP contribution in [0.3, 0.4) is 0 Å². The summed E-state index contributed by atoms with van der Waals surface area (Å²) in [6.45, 7) is 3.56. The van der Waals surface area contributed by atoms with Crippen molar-refractivity contribution in [3.63, 3.8) is 0 Å². The zero-order chi connectivity index (χ0) is 13.8. The topological polar surface area (TPSA) is 27.1 Å². The summed E-state index contributed by atoms with van der Waals surface area (Å²) >= 11 is 12.5. The van der Waals surface area contributed by atoms with Crippen molar-refractivity contribution in [2.45, 2.75) is 31.7 Å². The number of aromatic nitrogens is 2. The van der Waals surface area contributed by atoms with E-state index in [4.69, 9.17) is 27.9 Å². The minimum Gasteiger partial charge on any atom is -0.385 e. The number of methoxy groups -OCH3 is 1. The van der Waals surface area contributed by atoms with Crippen molar-refractivity contribution in [2.24, 2.45) is 0 Å². The van der Waals surface area contributed by atoms with Gasteiger partial charge in [-0.15, -0.1) is 11.6 Å². The molecule has 3 nitrogen and oxygen atoms in total. The van der Waals surface area contributed by atoms with Gasteiger partial charge in [-0.3, -0.25) is 0 Å². The summed E-state index contributed by atoms with van der Waals surface area (Å²) in [7, 11) is 1.72. The van der Waals surface area contributed by atoms with Crippen LogP contribution in [0.1, 0.15) is 31.0 Å². The first-order chi connectivity index (χ1) is 9.15. The molecule has 0 fully saturated rings. The molecular weight excluding hydrogens is 283 g/mol. The van der Waals surface area contributed by atoms with Crippen molar-refractivity contribution in [3.05, 3.63) is 29.0 Å². The van der Waals surface area contributed by atoms with E-state index in [1.54, 1.807) is 7.11 Å². The summed E-state index contributed by atoms with van der Waals surface area (Å²) in [5.41, 5.74) is 1.88. The molecule has 0 aliphatic rings. The van der Waals surface area contributed by atoms with E-state index in [-0.39, 0.29) is 5.38 Å². The zero-order valence-electron chi connectivity index (χ0n) is 11.2. The van der Waals surface area contributed by atoms with Crippen LogP contribution in [0.25, 0.3) is 11.0 Å². The Bertz CT molecular complexity index is 552. The molecule has 0 aliphatic carbocycles. The van der Waals surface area contributed by atoms with Gasteiger partial charge in [-0.1, -0.05) is 17.7 Å². The Hall–Kier alpha value is -0.770. The molecule has 1 aromatic heterocycles. The molecule has 0 N–H and O–H groups in total. The van der Waals surface area contributed by atoms with E-state index in [2.05, 4.69) is 9.55 Å². The lowest BCUT2D eigenvalue weighted by Gasteiger charge is -2.11. The second kappa shape index (κ2) is 6.60. The molecule has 2 aromatic rings. The maximum absolute atomic E-state index is 6.29. The minimum absolute atomic E-state index is 0.133. The van der Waals surface area contributed by atoms with Crippen LogP contribution < -0.4 is 0 Å². The average molecular weight is 301 g/mol. The molecule has 1 heterocycles. The maximum Gasteiger partial charge on any atom is 0.127 e. The highest BCUT2D eigenvalue weighted by Crippen LogP contribution is 2.29. The van der Waals surface area contributed by atoms with Gasteiger partial charge < -0.3 is 9.30 Å². The standard InChI is InChI=1S/C14H18Cl2N2O/c1-10(15)14-17-12-7-5-6-11(16)13(12)18(14)8-3-4-9-19-2/h5-7,10H,3-4,8-9H2,1-2H3. The second-order valence-electron chi connectivity index (χ2n) is 4.55. The van der Waals surface area contributed by atoms with Gasteiger partial charge in [0.25, 0.3) is 0 Å². The number of imidazole rings is 1. The van der Waals surface area contributed by atoms with E-state index >= 15 is 0 Å². The van der Waals surface area contributed by atoms with Crippen molar-refractivity contribution in [1.82, 2.24) is 9.55 Å². The Morgan fingerprint density at radius 1 is 1.37 bits per heavy atom. The summed E-state index contributed by atoms with van der Waals surface area (Å²) in [6, 6.07) is 5.77. The molecule has 0 radical (unpaired) electrons. The highest BCUT2D eigenvalue weighted by molar-refractivity contribution is 6.35. The fraction of sp³-hybridized carbons (Fsp3) is 0.500. The number of benzene rings is 1. The van der Waals surface area contributed by atoms with Gasteiger partial charge in [-0.05, 0) is 31.9 Å². The Morgan fingerprint density at radius 3 is 2.84 bits per heavy atom. The van der Waals surface area contributed by atoms with Crippen LogP contribution in [-0.2, 0) is 11.3 Å². The van der Waals surface area contributed by atoms with Crippen LogP contribution in [0.15, 0.2) is 18.2 Å². The van der Waals surface area contributed by atoms with E-state index < -0.39 is 0 Å². The Labute approximate surface area is 123 Å². The van der Waals surface area contributed by atoms with Crippen molar-refractivity contribution in [2.75, 3.05) is 13.7 Å². The fourth-order valence-electron chi connectivity index (χ4n) is 2.21. The number of hydrogen-bond donors (Lipinski definition) is 0. The molecule has 0 spiro atoms. The number of rotatable bonds is 6. The van der Waals surface area contributed by atoms with Gasteiger partial charge in [-0.25, -0.2) is 4.98 Å². The third-order valence-electron chi connectivity index (χ3n) is 3.08. The molecule has 0 saturated carbocycles. The van der Waals surface area contributed by atoms with E-state index in [0.717, 1.165) is 47.9 Å². The zero-order valence-corrected chi connectivity index (χ0v) is 12.7. The summed E-state index contributed by atoms with van der Waals surface area (Å²) in [5.74, 6) is 0.877. The summed E-state index contributed by atoms with van der Waals surface area (Å²) in [5, 5.41) is 0.589. The predicted molar refractivity (Wildman–Crippen MR) is 80.1 cm³/mol. The van der Waals surface area contributed by atoms with Gasteiger partial charge in [-0.2, -0.15) is 0 Å². The monoisotopic (exact) mass is 300 g/mol. The van der Waals surface area contributed by atoms with Crippen LogP contribution >= 0.6 is 23.2 Å². The molecule has 0 aliphatic heterocycles. The molecule has 19 heavy (non-hydrogen) atoms. The van der Waals surface area contributed by atoms with Gasteiger partial charge in [0.05, 0.1) is 21.4 Å². The molecule has 1 aromatic carbocycles. The Balaban J connectivity index is 2.34. The first-order valence-electron chi connectivity index (χ1n) is 6.42. The van der Waals surface area contributed by atoms with Crippen molar-refractivity contribution in [1.29, 1.82) is 0 Å². The Morgan fingerprint density at radius 2 is 2.16 bits per heavy atom. The van der Waals surface area contributed by atoms with Gasteiger partial charge >= 0.3 is 0 Å². The minimum atomic E-state index is -0.133. The molecule has 104 valence electrons. The van der Waals surface area contributed by atoms with Crippen LogP contribution in [0, 0.1) is 0 Å². The number of hydrogen-bond acceptors (Lipinski definition) is 2. The smallest absolute Gasteiger partial charge is 0.127 e. The van der Waals surface area contributed by atoms with E-state index in [1.807, 2.05) is 25.1 Å². The normalized spacial score (nSPS) is 13.1. The molecule has 1 atom stereocenters. The van der Waals surface area contributed by atoms with Crippen molar-refractivity contribution >= 4 is 34.2 Å². The third kappa shape index (κ3) is 3.22. The van der Waals surface area contributed by atoms with Crippen LogP contribution in [-0.4, -0.2) is 23.3 Å². The SMILES string of the molecule is COCCCCn1c(C(C)Cl)nc2cccc(Cl)c21. The average Bonchev–Trinajstić information content (AvgIpc) is 2.75. The predicted octanol–water partition coefficient (Wildman–Crippen LogP) is 4.42. The second-order valence-corrected chi connectivity index (χ2v) is 5.61. The molecule has 2 rings (SSSR count). The summed E-state index contributed by atoms with van der Waals surface area (Å²) in [4.78, 5) is 4.59. The quantitative estimate of drug-likeness (QED) is 0.583. The number of aryl methyl sites for hydroxylation is 1. The highest BCUT2D eigenvalue weighted by Gasteiger charge is 2.16. The lowest BCUT2D eigenvalue weighted by atomic mass is 10.3. The summed E-state index contributed by atoms with van der Waals surface area (Å²) < 4.78 is 7.20. The molecule has 0 amide bonds. The molecule has 5 heteroatoms. The molecule has 0 saturated heterocycles. The largest absolute Gasteiger partial charge is 0.385 e. The lowest BCUT2D eigenvalue weighted by Crippen LogP contribution is -2.05. The van der Waals surface area contributed by atoms with Gasteiger partial charge in [0.2, 0.25) is 0 Å². The van der Waals surface area contributed by atoms with Crippen molar-refractivity contribution < 1.29 is 4.74 Å². The number of unbranched alkanes of at least 4 members (excludes halogenated alkanes) is 1. The first-order valence-corrected chi connectivity index (χ1v) is 7.24. The number of halogens is 2.